The second-order valence-electron chi connectivity index (χ2n) is 3.31. The normalized spacial score (nSPS) is 25.4. The van der Waals surface area contributed by atoms with Crippen molar-refractivity contribution < 1.29 is 9.90 Å². The van der Waals surface area contributed by atoms with Crippen LogP contribution < -0.4 is 5.73 Å². The first-order valence-corrected chi connectivity index (χ1v) is 4.33. The molecule has 1 heterocycles. The predicted octanol–water partition coefficient (Wildman–Crippen LogP) is -0.683. The molecule has 2 unspecified atom stereocenters. The molecule has 1 fully saturated rings. The van der Waals surface area contributed by atoms with Crippen LogP contribution in [0.4, 0.5) is 0 Å². The molecule has 0 aromatic rings. The summed E-state index contributed by atoms with van der Waals surface area (Å²) in [4.78, 5) is 12.9. The summed E-state index contributed by atoms with van der Waals surface area (Å²) in [5, 5.41) is 8.58. The van der Waals surface area contributed by atoms with E-state index in [-0.39, 0.29) is 24.6 Å². The average Bonchev–Trinajstić information content (AvgIpc) is 2.09. The van der Waals surface area contributed by atoms with Gasteiger partial charge in [0.05, 0.1) is 0 Å². The van der Waals surface area contributed by atoms with Crippen LogP contribution in [0.15, 0.2) is 0 Å². The first kappa shape index (κ1) is 9.48. The number of β-lactam (4-membered cyclic amide) rings is 1. The molecule has 1 rings (SSSR count). The van der Waals surface area contributed by atoms with E-state index >= 15 is 0 Å². The zero-order chi connectivity index (χ0) is 9.14. The average molecular weight is 172 g/mol. The van der Waals surface area contributed by atoms with Gasteiger partial charge in [0, 0.05) is 19.2 Å². The number of aliphatic hydroxyl groups is 1. The van der Waals surface area contributed by atoms with Crippen LogP contribution in [-0.4, -0.2) is 41.1 Å². The summed E-state index contributed by atoms with van der Waals surface area (Å²) in [6.07, 6.45) is 1.61. The maximum atomic E-state index is 11.1. The van der Waals surface area contributed by atoms with E-state index in [4.69, 9.17) is 10.8 Å². The van der Waals surface area contributed by atoms with Gasteiger partial charge in [0.25, 0.3) is 0 Å². The SMILES string of the molecule is CC(CCCO)N1CC(N)C1=O. The quantitative estimate of drug-likeness (QED) is 0.552. The smallest absolute Gasteiger partial charge is 0.241 e. The van der Waals surface area contributed by atoms with Gasteiger partial charge in [-0.15, -0.1) is 0 Å². The lowest BCUT2D eigenvalue weighted by atomic mass is 10.0. The van der Waals surface area contributed by atoms with Gasteiger partial charge in [0.15, 0.2) is 0 Å². The summed E-state index contributed by atoms with van der Waals surface area (Å²) in [7, 11) is 0. The molecule has 2 atom stereocenters. The number of nitrogens with zero attached hydrogens (tertiary/aromatic N) is 1. The molecular weight excluding hydrogens is 156 g/mol. The van der Waals surface area contributed by atoms with Crippen molar-refractivity contribution in [1.82, 2.24) is 4.90 Å². The Balaban J connectivity index is 2.25. The van der Waals surface area contributed by atoms with Gasteiger partial charge in [-0.3, -0.25) is 4.79 Å². The molecule has 0 bridgehead atoms. The molecule has 12 heavy (non-hydrogen) atoms. The summed E-state index contributed by atoms with van der Waals surface area (Å²) in [6, 6.07) is -0.0500. The molecule has 4 nitrogen and oxygen atoms in total. The lowest BCUT2D eigenvalue weighted by Crippen LogP contribution is -2.63. The van der Waals surface area contributed by atoms with Gasteiger partial charge in [-0.1, -0.05) is 0 Å². The lowest BCUT2D eigenvalue weighted by Gasteiger charge is -2.40. The minimum Gasteiger partial charge on any atom is -0.396 e. The molecular formula is C8H16N2O2. The molecule has 0 saturated carbocycles. The van der Waals surface area contributed by atoms with Gasteiger partial charge >= 0.3 is 0 Å². The third kappa shape index (κ3) is 1.76. The third-order valence-electron chi connectivity index (χ3n) is 2.31. The van der Waals surface area contributed by atoms with E-state index in [1.54, 1.807) is 4.90 Å². The highest BCUT2D eigenvalue weighted by Crippen LogP contribution is 2.15. The molecule has 0 spiro atoms. The molecule has 1 amide bonds. The van der Waals surface area contributed by atoms with E-state index in [0.29, 0.717) is 6.54 Å². The Morgan fingerprint density at radius 1 is 1.83 bits per heavy atom. The molecule has 0 radical (unpaired) electrons. The minimum atomic E-state index is -0.276. The fraction of sp³-hybridized carbons (Fsp3) is 0.875. The van der Waals surface area contributed by atoms with E-state index in [1.807, 2.05) is 6.92 Å². The van der Waals surface area contributed by atoms with Crippen LogP contribution in [0.3, 0.4) is 0 Å². The first-order chi connectivity index (χ1) is 5.66. The summed E-state index contributed by atoms with van der Waals surface area (Å²) in [5.74, 6) is 0.0421. The van der Waals surface area contributed by atoms with Gasteiger partial charge in [0.1, 0.15) is 6.04 Å². The van der Waals surface area contributed by atoms with E-state index in [1.165, 1.54) is 0 Å². The van der Waals surface area contributed by atoms with Crippen LogP contribution in [0, 0.1) is 0 Å². The number of carbonyl (C=O) groups is 1. The van der Waals surface area contributed by atoms with Crippen LogP contribution in [0.2, 0.25) is 0 Å². The number of nitrogens with two attached hydrogens (primary N) is 1. The van der Waals surface area contributed by atoms with Gasteiger partial charge in [-0.2, -0.15) is 0 Å². The number of likely N-dealkylation sites (tertiary alicyclic amines) is 1. The van der Waals surface area contributed by atoms with Crippen LogP contribution in [0.25, 0.3) is 0 Å². The van der Waals surface area contributed by atoms with E-state index in [9.17, 15) is 4.79 Å². The van der Waals surface area contributed by atoms with Crippen LogP contribution >= 0.6 is 0 Å². The summed E-state index contributed by atoms with van der Waals surface area (Å²) >= 11 is 0. The zero-order valence-corrected chi connectivity index (χ0v) is 7.36. The Kier molecular flexibility index (Phi) is 3.05. The zero-order valence-electron chi connectivity index (χ0n) is 7.36. The monoisotopic (exact) mass is 172 g/mol. The maximum Gasteiger partial charge on any atom is 0.241 e. The van der Waals surface area contributed by atoms with Crippen LogP contribution in [-0.2, 0) is 4.79 Å². The number of aliphatic hydroxyl groups excluding tert-OH is 1. The highest BCUT2D eigenvalue weighted by molar-refractivity contribution is 5.87. The van der Waals surface area contributed by atoms with E-state index < -0.39 is 0 Å². The molecule has 1 aliphatic rings. The van der Waals surface area contributed by atoms with Crippen molar-refractivity contribution in [2.24, 2.45) is 5.73 Å². The predicted molar refractivity (Wildman–Crippen MR) is 45.5 cm³/mol. The minimum absolute atomic E-state index is 0.0421. The van der Waals surface area contributed by atoms with Crippen molar-refractivity contribution in [1.29, 1.82) is 0 Å². The largest absolute Gasteiger partial charge is 0.396 e. The van der Waals surface area contributed by atoms with Crippen molar-refractivity contribution in [3.63, 3.8) is 0 Å². The Bertz CT molecular complexity index is 172. The van der Waals surface area contributed by atoms with Crippen molar-refractivity contribution in [2.45, 2.75) is 31.8 Å². The van der Waals surface area contributed by atoms with Crippen LogP contribution in [0.1, 0.15) is 19.8 Å². The van der Waals surface area contributed by atoms with Gasteiger partial charge in [0.2, 0.25) is 5.91 Å². The van der Waals surface area contributed by atoms with Crippen molar-refractivity contribution >= 4 is 5.91 Å². The van der Waals surface area contributed by atoms with E-state index in [2.05, 4.69) is 0 Å². The van der Waals surface area contributed by atoms with Crippen molar-refractivity contribution in [3.8, 4) is 0 Å². The number of hydrogen-bond donors (Lipinski definition) is 2. The van der Waals surface area contributed by atoms with E-state index in [0.717, 1.165) is 12.8 Å². The second-order valence-corrected chi connectivity index (χ2v) is 3.31. The number of amides is 1. The fourth-order valence-electron chi connectivity index (χ4n) is 1.42. The Morgan fingerprint density at radius 3 is 2.92 bits per heavy atom. The Labute approximate surface area is 72.3 Å². The second kappa shape index (κ2) is 3.87. The van der Waals surface area contributed by atoms with Gasteiger partial charge in [-0.05, 0) is 19.8 Å². The number of hydrogen-bond acceptors (Lipinski definition) is 3. The molecule has 0 aromatic heterocycles. The third-order valence-corrected chi connectivity index (χ3v) is 2.31. The molecule has 4 heteroatoms. The molecule has 3 N–H and O–H groups in total. The molecule has 1 saturated heterocycles. The lowest BCUT2D eigenvalue weighted by molar-refractivity contribution is -0.145. The summed E-state index contributed by atoms with van der Waals surface area (Å²) in [6.45, 7) is 2.85. The highest BCUT2D eigenvalue weighted by atomic mass is 16.3. The Morgan fingerprint density at radius 2 is 2.50 bits per heavy atom. The van der Waals surface area contributed by atoms with Crippen LogP contribution in [0.5, 0.6) is 0 Å². The van der Waals surface area contributed by atoms with Crippen molar-refractivity contribution in [3.05, 3.63) is 0 Å². The highest BCUT2D eigenvalue weighted by Gasteiger charge is 2.35. The number of rotatable bonds is 4. The first-order valence-electron chi connectivity index (χ1n) is 4.33. The molecule has 0 aliphatic carbocycles. The van der Waals surface area contributed by atoms with Crippen molar-refractivity contribution in [2.75, 3.05) is 13.2 Å². The molecule has 1 aliphatic heterocycles. The summed E-state index contributed by atoms with van der Waals surface area (Å²) < 4.78 is 0. The summed E-state index contributed by atoms with van der Waals surface area (Å²) in [5.41, 5.74) is 5.44. The fourth-order valence-corrected chi connectivity index (χ4v) is 1.42. The Hall–Kier alpha value is -0.610. The number of carbonyl (C=O) groups excluding carboxylic acids is 1. The standard InChI is InChI=1S/C8H16N2O2/c1-6(3-2-4-11)10-5-7(9)8(10)12/h6-7,11H,2-5,9H2,1H3. The maximum absolute atomic E-state index is 11.1. The molecule has 0 aromatic carbocycles. The van der Waals surface area contributed by atoms with Gasteiger partial charge < -0.3 is 15.7 Å². The topological polar surface area (TPSA) is 66.6 Å². The van der Waals surface area contributed by atoms with Gasteiger partial charge in [-0.25, -0.2) is 0 Å². The molecule has 70 valence electrons.